The van der Waals surface area contributed by atoms with Crippen molar-refractivity contribution in [3.63, 3.8) is 0 Å². The minimum absolute atomic E-state index is 0.196. The van der Waals surface area contributed by atoms with Gasteiger partial charge < -0.3 is 14.2 Å². The normalized spacial score (nSPS) is 16.2. The monoisotopic (exact) mass is 271 g/mol. The molecule has 0 radical (unpaired) electrons. The summed E-state index contributed by atoms with van der Waals surface area (Å²) >= 11 is 0. The van der Waals surface area contributed by atoms with Crippen LogP contribution in [-0.2, 0) is 23.8 Å². The van der Waals surface area contributed by atoms with Crippen molar-refractivity contribution in [1.29, 1.82) is 0 Å². The first-order valence-electron chi connectivity index (χ1n) is 6.16. The lowest BCUT2D eigenvalue weighted by molar-refractivity contribution is -0.139. The summed E-state index contributed by atoms with van der Waals surface area (Å²) in [5, 5.41) is 0. The van der Waals surface area contributed by atoms with Gasteiger partial charge in [-0.1, -0.05) is 0 Å². The van der Waals surface area contributed by atoms with Gasteiger partial charge in [0.15, 0.2) is 0 Å². The maximum absolute atomic E-state index is 11.8. The topological polar surface area (TPSA) is 65.1 Å². The van der Waals surface area contributed by atoms with Crippen molar-refractivity contribution in [3.8, 4) is 0 Å². The van der Waals surface area contributed by atoms with Gasteiger partial charge in [0.25, 0.3) is 11.8 Å². The number of carbonyl (C=O) groups is 2. The molecule has 1 aliphatic heterocycles. The van der Waals surface area contributed by atoms with Crippen LogP contribution in [0.5, 0.6) is 0 Å². The molecule has 0 spiro atoms. The van der Waals surface area contributed by atoms with Gasteiger partial charge in [-0.3, -0.25) is 14.5 Å². The number of carbonyl (C=O) groups excluding carboxylic acids is 2. The highest BCUT2D eigenvalue weighted by Crippen LogP contribution is 2.19. The molecular formula is C13H21NO5. The van der Waals surface area contributed by atoms with Crippen molar-refractivity contribution < 1.29 is 23.8 Å². The molecule has 0 saturated carbocycles. The van der Waals surface area contributed by atoms with Gasteiger partial charge >= 0.3 is 0 Å². The SMILES string of the molecule is COCC(COC)OCCN1C(=O)C(C)=C(C)C1=O. The summed E-state index contributed by atoms with van der Waals surface area (Å²) in [6, 6.07) is 0. The molecule has 0 aromatic rings. The van der Waals surface area contributed by atoms with Crippen molar-refractivity contribution >= 4 is 11.8 Å². The average molecular weight is 271 g/mol. The summed E-state index contributed by atoms with van der Waals surface area (Å²) in [7, 11) is 3.16. The zero-order valence-corrected chi connectivity index (χ0v) is 11.9. The van der Waals surface area contributed by atoms with Crippen LogP contribution in [0.15, 0.2) is 11.1 Å². The molecule has 0 aromatic carbocycles. The molecule has 6 heteroatoms. The van der Waals surface area contributed by atoms with E-state index in [1.54, 1.807) is 28.1 Å². The zero-order chi connectivity index (χ0) is 14.4. The lowest BCUT2D eigenvalue weighted by Crippen LogP contribution is -2.36. The van der Waals surface area contributed by atoms with Gasteiger partial charge in [-0.2, -0.15) is 0 Å². The third kappa shape index (κ3) is 3.86. The Balaban J connectivity index is 2.42. The highest BCUT2D eigenvalue weighted by atomic mass is 16.6. The third-order valence-electron chi connectivity index (χ3n) is 3.07. The Kier molecular flexibility index (Phi) is 6.14. The molecule has 2 amide bonds. The van der Waals surface area contributed by atoms with Crippen molar-refractivity contribution in [3.05, 3.63) is 11.1 Å². The molecule has 0 fully saturated rings. The standard InChI is InChI=1S/C13H21NO5/c1-9-10(2)13(16)14(12(9)15)5-6-19-11(7-17-3)8-18-4/h11H,5-8H2,1-4H3. The first kappa shape index (κ1) is 15.8. The maximum Gasteiger partial charge on any atom is 0.256 e. The van der Waals surface area contributed by atoms with Gasteiger partial charge in [-0.05, 0) is 13.8 Å². The molecular weight excluding hydrogens is 250 g/mol. The van der Waals surface area contributed by atoms with Crippen LogP contribution < -0.4 is 0 Å². The second kappa shape index (κ2) is 7.37. The Labute approximate surface area is 113 Å². The second-order valence-electron chi connectivity index (χ2n) is 4.42. The largest absolute Gasteiger partial charge is 0.382 e. The number of ether oxygens (including phenoxy) is 3. The fourth-order valence-electron chi connectivity index (χ4n) is 1.85. The van der Waals surface area contributed by atoms with Crippen LogP contribution in [0.3, 0.4) is 0 Å². The van der Waals surface area contributed by atoms with Gasteiger partial charge in [0, 0.05) is 25.4 Å². The van der Waals surface area contributed by atoms with E-state index in [0.29, 0.717) is 24.4 Å². The first-order chi connectivity index (χ1) is 9.02. The summed E-state index contributed by atoms with van der Waals surface area (Å²) < 4.78 is 15.5. The molecule has 1 rings (SSSR count). The second-order valence-corrected chi connectivity index (χ2v) is 4.42. The minimum atomic E-state index is -0.235. The smallest absolute Gasteiger partial charge is 0.256 e. The minimum Gasteiger partial charge on any atom is -0.382 e. The first-order valence-corrected chi connectivity index (χ1v) is 6.16. The Morgan fingerprint density at radius 1 is 1.00 bits per heavy atom. The predicted octanol–water partition coefficient (Wildman–Crippen LogP) is 0.370. The van der Waals surface area contributed by atoms with Gasteiger partial charge in [0.1, 0.15) is 6.10 Å². The molecule has 1 heterocycles. The van der Waals surface area contributed by atoms with Crippen LogP contribution in [0.2, 0.25) is 0 Å². The summed E-state index contributed by atoms with van der Waals surface area (Å²) in [6.07, 6.45) is -0.196. The van der Waals surface area contributed by atoms with E-state index >= 15 is 0 Å². The highest BCUT2D eigenvalue weighted by molar-refractivity contribution is 6.18. The van der Waals surface area contributed by atoms with Crippen LogP contribution in [-0.4, -0.2) is 63.4 Å². The van der Waals surface area contributed by atoms with E-state index in [2.05, 4.69) is 0 Å². The molecule has 19 heavy (non-hydrogen) atoms. The quantitative estimate of drug-likeness (QED) is 0.597. The fraction of sp³-hybridized carbons (Fsp3) is 0.692. The molecule has 0 saturated heterocycles. The summed E-state index contributed by atoms with van der Waals surface area (Å²) in [4.78, 5) is 24.8. The Bertz CT molecular complexity index is 347. The molecule has 0 unspecified atom stereocenters. The maximum atomic E-state index is 11.8. The summed E-state index contributed by atoms with van der Waals surface area (Å²) in [6.45, 7) is 4.66. The number of hydrogen-bond acceptors (Lipinski definition) is 5. The van der Waals surface area contributed by atoms with E-state index in [1.165, 1.54) is 4.90 Å². The molecule has 0 atom stereocenters. The van der Waals surface area contributed by atoms with Gasteiger partial charge in [-0.25, -0.2) is 0 Å². The number of rotatable bonds is 8. The molecule has 0 bridgehead atoms. The Hall–Kier alpha value is -1.24. The number of imide groups is 1. The third-order valence-corrected chi connectivity index (χ3v) is 3.07. The van der Waals surface area contributed by atoms with Crippen LogP contribution in [0.1, 0.15) is 13.8 Å². The lowest BCUT2D eigenvalue weighted by Gasteiger charge is -2.19. The molecule has 0 N–H and O–H groups in total. The lowest BCUT2D eigenvalue weighted by atomic mass is 10.2. The number of amides is 2. The number of hydrogen-bond donors (Lipinski definition) is 0. The van der Waals surface area contributed by atoms with Crippen molar-refractivity contribution in [2.24, 2.45) is 0 Å². The molecule has 0 aliphatic carbocycles. The highest BCUT2D eigenvalue weighted by Gasteiger charge is 2.32. The van der Waals surface area contributed by atoms with E-state index < -0.39 is 0 Å². The summed E-state index contributed by atoms with van der Waals surface area (Å²) in [5.41, 5.74) is 1.02. The Morgan fingerprint density at radius 2 is 1.47 bits per heavy atom. The fourth-order valence-corrected chi connectivity index (χ4v) is 1.85. The molecule has 1 aliphatic rings. The van der Waals surface area contributed by atoms with Crippen molar-refractivity contribution in [1.82, 2.24) is 4.90 Å². The van der Waals surface area contributed by atoms with Crippen molar-refractivity contribution in [2.75, 3.05) is 40.6 Å². The Morgan fingerprint density at radius 3 is 1.89 bits per heavy atom. The molecule has 0 aromatic heterocycles. The van der Waals surface area contributed by atoms with Crippen LogP contribution in [0.4, 0.5) is 0 Å². The van der Waals surface area contributed by atoms with Crippen LogP contribution >= 0.6 is 0 Å². The van der Waals surface area contributed by atoms with Gasteiger partial charge in [-0.15, -0.1) is 0 Å². The van der Waals surface area contributed by atoms with E-state index in [1.807, 2.05) is 0 Å². The molecule has 6 nitrogen and oxygen atoms in total. The number of methoxy groups -OCH3 is 2. The number of nitrogens with zero attached hydrogens (tertiary/aromatic N) is 1. The molecule has 108 valence electrons. The van der Waals surface area contributed by atoms with Crippen LogP contribution in [0.25, 0.3) is 0 Å². The van der Waals surface area contributed by atoms with E-state index in [9.17, 15) is 9.59 Å². The zero-order valence-electron chi connectivity index (χ0n) is 11.9. The average Bonchev–Trinajstić information content (AvgIpc) is 2.56. The van der Waals surface area contributed by atoms with E-state index in [4.69, 9.17) is 14.2 Å². The predicted molar refractivity (Wildman–Crippen MR) is 68.6 cm³/mol. The van der Waals surface area contributed by atoms with E-state index in [0.717, 1.165) is 0 Å². The van der Waals surface area contributed by atoms with Gasteiger partial charge in [0.05, 0.1) is 26.4 Å². The summed E-state index contributed by atoms with van der Waals surface area (Å²) in [5.74, 6) is -0.470. The van der Waals surface area contributed by atoms with E-state index in [-0.39, 0.29) is 31.1 Å². The van der Waals surface area contributed by atoms with Gasteiger partial charge in [0.2, 0.25) is 0 Å². The van der Waals surface area contributed by atoms with Crippen LogP contribution in [0, 0.1) is 0 Å². The van der Waals surface area contributed by atoms with Crippen molar-refractivity contribution in [2.45, 2.75) is 20.0 Å².